The van der Waals surface area contributed by atoms with Crippen molar-refractivity contribution in [2.24, 2.45) is 29.2 Å². The molecule has 17 N–H and O–H groups in total. The summed E-state index contributed by atoms with van der Waals surface area (Å²) in [6.45, 7) is 10.7. The average Bonchev–Trinajstić information content (AvgIpc) is 4.07. The molecule has 83 heavy (non-hydrogen) atoms. The van der Waals surface area contributed by atoms with Crippen molar-refractivity contribution in [1.29, 1.82) is 0 Å². The zero-order valence-corrected chi connectivity index (χ0v) is 49.2. The molecule has 0 saturated carbocycles. The molecule has 0 saturated heterocycles. The second-order valence-corrected chi connectivity index (χ2v) is 23.2. The van der Waals surface area contributed by atoms with Crippen molar-refractivity contribution in [3.05, 3.63) is 59.7 Å². The van der Waals surface area contributed by atoms with E-state index in [1.165, 1.54) is 13.0 Å². The minimum absolute atomic E-state index is 0.00864. The summed E-state index contributed by atoms with van der Waals surface area (Å²) < 4.78 is 0. The van der Waals surface area contributed by atoms with Crippen molar-refractivity contribution in [2.45, 2.75) is 165 Å². The van der Waals surface area contributed by atoms with Gasteiger partial charge in [-0.2, -0.15) is 0 Å². The quantitative estimate of drug-likeness (QED) is 0.0912. The van der Waals surface area contributed by atoms with Gasteiger partial charge in [0, 0.05) is 24.0 Å². The number of hydrogen-bond acceptors (Lipinski definition) is 16. The van der Waals surface area contributed by atoms with E-state index in [0.29, 0.717) is 17.5 Å². The lowest BCUT2D eigenvalue weighted by Gasteiger charge is -2.30. The van der Waals surface area contributed by atoms with Gasteiger partial charge < -0.3 is 74.5 Å². The van der Waals surface area contributed by atoms with E-state index in [1.54, 1.807) is 70.2 Å². The van der Waals surface area contributed by atoms with Gasteiger partial charge in [0.25, 0.3) is 0 Å². The first-order chi connectivity index (χ1) is 39.5. The number of hydrogen-bond donors (Lipinski definition) is 15. The van der Waals surface area contributed by atoms with E-state index < -0.39 is 151 Å². The highest BCUT2D eigenvalue weighted by Crippen LogP contribution is 2.36. The standard InChI is InChI=1S/C57H85N13O12S/c1-8-31(6)47-56(82)67-41-28-83-57-34(45-35(68-57)17-12-20-42(45)72)25-40(53(79)69-46(30(4)5)55(81)63-37(19-14-22-59)50(76)64-38(23-29(2)3)52(78)70-47)66-51(77)39(24-33-15-10-9-11-16-33)65-49(75)36(18-13-21-58)62-44(74)27-61-54(80)48(32(7)71)60-26-43(41)73/h9-12,15-17,20,29-32,36-41,46-48,60,68,71-72H,8,13-14,18-19,21-28,58-59H2,1-7H3,(H,61,80)(H,62,74)(H,63,81)(H,64,76)(H,65,75)(H,66,77)(H,67,82)(H,69,79)(H,70,78). The van der Waals surface area contributed by atoms with Crippen LogP contribution in [-0.4, -0.2) is 167 Å². The summed E-state index contributed by atoms with van der Waals surface area (Å²) >= 11 is 0.998. The molecule has 3 heterocycles. The highest BCUT2D eigenvalue weighted by Gasteiger charge is 2.38. The van der Waals surface area contributed by atoms with Gasteiger partial charge in [-0.05, 0) is 93.1 Å². The number of aromatic amines is 1. The predicted molar refractivity (Wildman–Crippen MR) is 312 cm³/mol. The third kappa shape index (κ3) is 19.2. The first-order valence-electron chi connectivity index (χ1n) is 28.5. The molecule has 2 aliphatic heterocycles. The Bertz CT molecular complexity index is 2760. The Morgan fingerprint density at radius 1 is 0.602 bits per heavy atom. The van der Waals surface area contributed by atoms with Crippen molar-refractivity contribution in [2.75, 3.05) is 31.9 Å². The maximum Gasteiger partial charge on any atom is 0.243 e. The number of H-pyrrole nitrogens is 1. The van der Waals surface area contributed by atoms with Crippen LogP contribution in [0.15, 0.2) is 53.6 Å². The Morgan fingerprint density at radius 2 is 1.18 bits per heavy atom. The summed E-state index contributed by atoms with van der Waals surface area (Å²) in [6.07, 6.45) is -1.04. The number of phenols is 1. The van der Waals surface area contributed by atoms with E-state index in [9.17, 15) is 48.6 Å². The van der Waals surface area contributed by atoms with E-state index in [4.69, 9.17) is 11.5 Å². The van der Waals surface area contributed by atoms with Gasteiger partial charge in [0.05, 0.1) is 35.8 Å². The summed E-state index contributed by atoms with van der Waals surface area (Å²) in [6, 6.07) is 0.788. The Morgan fingerprint density at radius 3 is 1.80 bits per heavy atom. The predicted octanol–water partition coefficient (Wildman–Crippen LogP) is -1.09. The van der Waals surface area contributed by atoms with Crippen LogP contribution in [0.2, 0.25) is 0 Å². The molecule has 1 aromatic heterocycles. The molecule has 3 aromatic rings. The topological polar surface area (TPSA) is 399 Å². The zero-order valence-electron chi connectivity index (χ0n) is 48.4. The van der Waals surface area contributed by atoms with Crippen LogP contribution >= 0.6 is 11.8 Å². The van der Waals surface area contributed by atoms with Crippen molar-refractivity contribution in [1.82, 2.24) is 58.2 Å². The SMILES string of the molecule is CCC(C)C1NC(=O)C(CC(C)C)NC(=O)C(CCCN)NC(=O)C(C(C)C)NC(=O)C2Cc3c([nH]c4cccc(O)c34)SCC(NC1=O)C(=O)CNC(C(C)O)C(=O)NCC(=O)NC(CCCN)C(=O)NC(Cc1ccccc1)C(=O)N2. The summed E-state index contributed by atoms with van der Waals surface area (Å²) in [4.78, 5) is 148. The van der Waals surface area contributed by atoms with Crippen LogP contribution < -0.4 is 64.6 Å². The maximum absolute atomic E-state index is 15.2. The molecule has 9 amide bonds. The smallest absolute Gasteiger partial charge is 0.243 e. The first kappa shape index (κ1) is 66.7. The number of thioether (sulfide) groups is 1. The van der Waals surface area contributed by atoms with Crippen molar-refractivity contribution >= 4 is 81.6 Å². The molecule has 2 bridgehead atoms. The second-order valence-electron chi connectivity index (χ2n) is 22.1. The maximum atomic E-state index is 15.2. The lowest BCUT2D eigenvalue weighted by Crippen LogP contribution is -2.61. The van der Waals surface area contributed by atoms with E-state index in [2.05, 4.69) is 58.2 Å². The fraction of sp³-hybridized carbons (Fsp3) is 0.579. The third-order valence-electron chi connectivity index (χ3n) is 14.7. The number of benzene rings is 2. The minimum atomic E-state index is -1.62. The zero-order chi connectivity index (χ0) is 61.1. The molecule has 0 radical (unpaired) electrons. The number of carbonyl (C=O) groups excluding carboxylic acids is 10. The molecule has 0 spiro atoms. The Kier molecular flexibility index (Phi) is 25.8. The largest absolute Gasteiger partial charge is 0.507 e. The van der Waals surface area contributed by atoms with Gasteiger partial charge in [0.2, 0.25) is 53.2 Å². The fourth-order valence-electron chi connectivity index (χ4n) is 9.75. The molecule has 2 aliphatic rings. The molecule has 11 unspecified atom stereocenters. The van der Waals surface area contributed by atoms with Gasteiger partial charge in [-0.1, -0.05) is 84.4 Å². The van der Waals surface area contributed by atoms with Crippen LogP contribution in [0.4, 0.5) is 0 Å². The highest BCUT2D eigenvalue weighted by molar-refractivity contribution is 7.99. The molecule has 11 atom stereocenters. The minimum Gasteiger partial charge on any atom is -0.507 e. The summed E-state index contributed by atoms with van der Waals surface area (Å²) in [5.74, 6) is -9.97. The van der Waals surface area contributed by atoms with E-state index in [-0.39, 0.29) is 85.0 Å². The summed E-state index contributed by atoms with van der Waals surface area (Å²) in [5.41, 5.74) is 13.0. The Labute approximate surface area is 488 Å². The molecule has 2 aromatic carbocycles. The van der Waals surface area contributed by atoms with Crippen LogP contribution in [0.3, 0.4) is 0 Å². The van der Waals surface area contributed by atoms with E-state index >= 15 is 9.59 Å². The van der Waals surface area contributed by atoms with Crippen LogP contribution in [0.1, 0.15) is 98.1 Å². The number of aliphatic hydroxyl groups excluding tert-OH is 1. The van der Waals surface area contributed by atoms with Crippen LogP contribution in [0, 0.1) is 17.8 Å². The molecule has 5 rings (SSSR count). The number of carbonyl (C=O) groups is 10. The van der Waals surface area contributed by atoms with Crippen LogP contribution in [0.5, 0.6) is 5.75 Å². The van der Waals surface area contributed by atoms with Gasteiger partial charge >= 0.3 is 0 Å². The van der Waals surface area contributed by atoms with Gasteiger partial charge in [-0.3, -0.25) is 53.3 Å². The van der Waals surface area contributed by atoms with Crippen molar-refractivity contribution in [3.63, 3.8) is 0 Å². The normalized spacial score (nSPS) is 25.6. The molecule has 0 aliphatic carbocycles. The number of phenolic OH excluding ortho intramolecular Hbond substituents is 1. The highest BCUT2D eigenvalue weighted by atomic mass is 32.2. The number of amides is 9. The number of fused-ring (bicyclic) bond motifs is 4. The number of aliphatic hydroxyl groups is 1. The summed E-state index contributed by atoms with van der Waals surface area (Å²) in [5, 5.41) is 50.3. The van der Waals surface area contributed by atoms with Gasteiger partial charge in [0.15, 0.2) is 5.78 Å². The number of nitrogens with two attached hydrogens (primary N) is 2. The molecular weight excluding hydrogens is 1090 g/mol. The van der Waals surface area contributed by atoms with Crippen molar-refractivity contribution < 1.29 is 58.2 Å². The number of nitrogens with one attached hydrogen (secondary N) is 11. The number of Topliss-reactive ketones (excluding diaryl/α,β-unsaturated/α-hetero) is 1. The number of ketones is 1. The molecular formula is C57H85N13O12S. The number of rotatable bonds is 14. The third-order valence-corrected chi connectivity index (χ3v) is 15.8. The first-order valence-corrected chi connectivity index (χ1v) is 29.5. The molecule has 0 fully saturated rings. The molecule has 456 valence electrons. The molecule has 26 heteroatoms. The van der Waals surface area contributed by atoms with Crippen molar-refractivity contribution in [3.8, 4) is 5.75 Å². The van der Waals surface area contributed by atoms with Gasteiger partial charge in [0.1, 0.15) is 54.1 Å². The van der Waals surface area contributed by atoms with Gasteiger partial charge in [-0.15, -0.1) is 11.8 Å². The average molecular weight is 1180 g/mol. The number of aromatic nitrogens is 1. The Balaban J connectivity index is 1.78. The monoisotopic (exact) mass is 1180 g/mol. The van der Waals surface area contributed by atoms with Crippen LogP contribution in [-0.2, 0) is 60.8 Å². The summed E-state index contributed by atoms with van der Waals surface area (Å²) in [7, 11) is 0. The lowest BCUT2D eigenvalue weighted by atomic mass is 9.96. The fourth-order valence-corrected chi connectivity index (χ4v) is 10.9. The van der Waals surface area contributed by atoms with E-state index in [0.717, 1.165) is 11.8 Å². The Hall–Kier alpha value is -7.13. The second kappa shape index (κ2) is 32.1. The lowest BCUT2D eigenvalue weighted by molar-refractivity contribution is -0.136. The van der Waals surface area contributed by atoms with Gasteiger partial charge in [-0.25, -0.2) is 0 Å². The van der Waals surface area contributed by atoms with E-state index in [1.807, 2.05) is 13.8 Å². The molecule has 25 nitrogen and oxygen atoms in total. The van der Waals surface area contributed by atoms with Crippen LogP contribution in [0.25, 0.3) is 10.9 Å². The number of aromatic hydroxyl groups is 1.